The average Bonchev–Trinajstić information content (AvgIpc) is 3.13. The van der Waals surface area contributed by atoms with Crippen molar-refractivity contribution in [3.05, 3.63) is 73.0 Å². The second-order valence-corrected chi connectivity index (χ2v) is 6.39. The molecule has 0 saturated carbocycles. The van der Waals surface area contributed by atoms with Crippen molar-refractivity contribution in [1.29, 1.82) is 0 Å². The van der Waals surface area contributed by atoms with Crippen LogP contribution in [0.4, 0.5) is 16.6 Å². The summed E-state index contributed by atoms with van der Waals surface area (Å²) >= 11 is 0. The van der Waals surface area contributed by atoms with Gasteiger partial charge in [0.15, 0.2) is 0 Å². The molecule has 162 valence electrons. The van der Waals surface area contributed by atoms with Crippen LogP contribution in [-0.2, 0) is 4.74 Å². The lowest BCUT2D eigenvalue weighted by molar-refractivity contribution is 0.150. The third kappa shape index (κ3) is 8.07. The Kier molecular flexibility index (Phi) is 11.6. The molecule has 2 heterocycles. The maximum atomic E-state index is 11.8. The van der Waals surface area contributed by atoms with Crippen molar-refractivity contribution in [3.8, 4) is 0 Å². The van der Waals surface area contributed by atoms with Crippen LogP contribution in [0.15, 0.2) is 67.4 Å². The molecule has 2 atom stereocenters. The zero-order valence-electron chi connectivity index (χ0n) is 18.7. The van der Waals surface area contributed by atoms with Crippen LogP contribution in [-0.4, -0.2) is 28.7 Å². The number of anilines is 2. The number of carbonyl (C=O) groups excluding carboxylic acids is 1. The molecule has 1 aromatic heterocycles. The van der Waals surface area contributed by atoms with E-state index in [-0.39, 0.29) is 18.2 Å². The first-order valence-electron chi connectivity index (χ1n) is 10.4. The smallest absolute Gasteiger partial charge is 0.415 e. The molecule has 30 heavy (non-hydrogen) atoms. The molecular weight excluding hydrogens is 376 g/mol. The lowest BCUT2D eigenvalue weighted by atomic mass is 10.1. The summed E-state index contributed by atoms with van der Waals surface area (Å²) in [6.07, 6.45) is 8.04. The molecule has 0 aliphatic carbocycles. The van der Waals surface area contributed by atoms with E-state index < -0.39 is 0 Å². The Morgan fingerprint density at radius 3 is 2.53 bits per heavy atom. The number of amides is 1. The highest BCUT2D eigenvalue weighted by atomic mass is 16.6. The molecule has 1 saturated heterocycles. The molecule has 1 N–H and O–H groups in total. The van der Waals surface area contributed by atoms with E-state index in [4.69, 9.17) is 4.74 Å². The van der Waals surface area contributed by atoms with Gasteiger partial charge in [-0.05, 0) is 31.9 Å². The predicted molar refractivity (Wildman–Crippen MR) is 125 cm³/mol. The lowest BCUT2D eigenvalue weighted by Crippen LogP contribution is -2.25. The van der Waals surface area contributed by atoms with Crippen LogP contribution in [0.3, 0.4) is 0 Å². The van der Waals surface area contributed by atoms with Gasteiger partial charge in [0.05, 0.1) is 12.6 Å². The maximum absolute atomic E-state index is 11.8. The second-order valence-electron chi connectivity index (χ2n) is 6.39. The highest BCUT2D eigenvalue weighted by Crippen LogP contribution is 2.21. The number of nitrogens with one attached hydrogen (secondary N) is 1. The molecule has 1 aromatic carbocycles. The largest absolute Gasteiger partial charge is 0.444 e. The van der Waals surface area contributed by atoms with Gasteiger partial charge in [0.25, 0.3) is 0 Å². The van der Waals surface area contributed by atoms with Crippen molar-refractivity contribution in [2.75, 3.05) is 16.8 Å². The van der Waals surface area contributed by atoms with E-state index in [2.05, 4.69) is 34.9 Å². The van der Waals surface area contributed by atoms with E-state index in [1.807, 2.05) is 64.1 Å². The van der Waals surface area contributed by atoms with E-state index in [0.717, 1.165) is 12.0 Å². The summed E-state index contributed by atoms with van der Waals surface area (Å²) in [7, 11) is 0. The van der Waals surface area contributed by atoms with Crippen LogP contribution in [0.25, 0.3) is 0 Å². The SMILES string of the molecule is C=C/C=C\CC.CC.C[C@@H]1CN(c2ccnc(N[C@@H](C)c3ccccc3)n2)C(=O)O1. The van der Waals surface area contributed by atoms with Crippen LogP contribution >= 0.6 is 0 Å². The third-order valence-electron chi connectivity index (χ3n) is 4.03. The van der Waals surface area contributed by atoms with Crippen molar-refractivity contribution < 1.29 is 9.53 Å². The van der Waals surface area contributed by atoms with Gasteiger partial charge in [0, 0.05) is 6.20 Å². The Labute approximate surface area is 180 Å². The second kappa shape index (κ2) is 13.9. The average molecular weight is 411 g/mol. The summed E-state index contributed by atoms with van der Waals surface area (Å²) in [6.45, 7) is 14.0. The summed E-state index contributed by atoms with van der Waals surface area (Å²) in [5.74, 6) is 1.04. The summed E-state index contributed by atoms with van der Waals surface area (Å²) in [5, 5.41) is 3.25. The van der Waals surface area contributed by atoms with Gasteiger partial charge in [-0.3, -0.25) is 4.90 Å². The van der Waals surface area contributed by atoms with Gasteiger partial charge in [-0.1, -0.05) is 75.9 Å². The standard InChI is InChI=1S/C16H18N4O2.C6H10.C2H6/c1-11-10-20(16(21)22-11)14-8-9-17-15(19-14)18-12(2)13-6-4-3-5-7-13;1-3-5-6-4-2;1-2/h3-9,11-12H,10H2,1-2H3,(H,17,18,19);3,5-6H,1,4H2,2H3;1-2H3/b;6-5-;/t11-,12+;;/m1../s1. The molecule has 1 aliphatic rings. The Bertz CT molecular complexity index is 793. The molecule has 0 unspecified atom stereocenters. The fourth-order valence-electron chi connectivity index (χ4n) is 2.61. The van der Waals surface area contributed by atoms with Crippen LogP contribution in [0.5, 0.6) is 0 Å². The zero-order valence-corrected chi connectivity index (χ0v) is 18.7. The van der Waals surface area contributed by atoms with Gasteiger partial charge in [0.2, 0.25) is 5.95 Å². The minimum Gasteiger partial charge on any atom is -0.444 e. The van der Waals surface area contributed by atoms with Crippen molar-refractivity contribution in [3.63, 3.8) is 0 Å². The summed E-state index contributed by atoms with van der Waals surface area (Å²) in [5.41, 5.74) is 1.14. The zero-order chi connectivity index (χ0) is 22.4. The number of rotatable bonds is 6. The van der Waals surface area contributed by atoms with E-state index in [1.165, 1.54) is 4.90 Å². The van der Waals surface area contributed by atoms with Crippen molar-refractivity contribution in [2.45, 2.75) is 53.2 Å². The highest BCUT2D eigenvalue weighted by molar-refractivity contribution is 5.88. The fourth-order valence-corrected chi connectivity index (χ4v) is 2.61. The lowest BCUT2D eigenvalue weighted by Gasteiger charge is -2.16. The van der Waals surface area contributed by atoms with Crippen LogP contribution in [0.1, 0.15) is 52.6 Å². The van der Waals surface area contributed by atoms with Crippen molar-refractivity contribution >= 4 is 17.9 Å². The van der Waals surface area contributed by atoms with E-state index >= 15 is 0 Å². The molecule has 1 amide bonds. The van der Waals surface area contributed by atoms with E-state index in [1.54, 1.807) is 18.3 Å². The van der Waals surface area contributed by atoms with E-state index in [9.17, 15) is 4.79 Å². The number of hydrogen-bond acceptors (Lipinski definition) is 5. The van der Waals surface area contributed by atoms with Gasteiger partial charge < -0.3 is 10.1 Å². The van der Waals surface area contributed by atoms with Gasteiger partial charge in [-0.15, -0.1) is 0 Å². The fraction of sp³-hybridized carbons (Fsp3) is 0.375. The topological polar surface area (TPSA) is 67.4 Å². The molecule has 1 aliphatic heterocycles. The number of ether oxygens (including phenoxy) is 1. The molecular formula is C24H34N4O2. The van der Waals surface area contributed by atoms with Crippen molar-refractivity contribution in [1.82, 2.24) is 9.97 Å². The number of carbonyl (C=O) groups is 1. The van der Waals surface area contributed by atoms with Crippen LogP contribution in [0.2, 0.25) is 0 Å². The first kappa shape index (κ1) is 24.9. The monoisotopic (exact) mass is 410 g/mol. The van der Waals surface area contributed by atoms with Gasteiger partial charge in [0.1, 0.15) is 11.9 Å². The number of cyclic esters (lactones) is 1. The molecule has 6 heteroatoms. The number of allylic oxidation sites excluding steroid dienone is 3. The summed E-state index contributed by atoms with van der Waals surface area (Å²) < 4.78 is 5.12. The number of hydrogen-bond donors (Lipinski definition) is 1. The Balaban J connectivity index is 0.000000487. The minimum absolute atomic E-state index is 0.0703. The van der Waals surface area contributed by atoms with Crippen LogP contribution < -0.4 is 10.2 Å². The molecule has 3 rings (SSSR count). The number of aromatic nitrogens is 2. The normalized spacial score (nSPS) is 16.0. The maximum Gasteiger partial charge on any atom is 0.415 e. The summed E-state index contributed by atoms with van der Waals surface area (Å²) in [6, 6.07) is 11.8. The molecule has 2 aromatic rings. The number of nitrogens with zero attached hydrogens (tertiary/aromatic N) is 3. The molecule has 0 spiro atoms. The van der Waals surface area contributed by atoms with E-state index in [0.29, 0.717) is 18.3 Å². The molecule has 6 nitrogen and oxygen atoms in total. The Morgan fingerprint density at radius 1 is 1.30 bits per heavy atom. The summed E-state index contributed by atoms with van der Waals surface area (Å²) in [4.78, 5) is 21.9. The Morgan fingerprint density at radius 2 is 2.00 bits per heavy atom. The molecule has 0 radical (unpaired) electrons. The van der Waals surface area contributed by atoms with Gasteiger partial charge in [-0.25, -0.2) is 9.78 Å². The van der Waals surface area contributed by atoms with Gasteiger partial charge in [-0.2, -0.15) is 4.98 Å². The first-order valence-corrected chi connectivity index (χ1v) is 10.4. The quantitative estimate of drug-likeness (QED) is 0.578. The minimum atomic E-state index is -0.367. The van der Waals surface area contributed by atoms with Crippen LogP contribution in [0, 0.1) is 0 Å². The highest BCUT2D eigenvalue weighted by Gasteiger charge is 2.30. The van der Waals surface area contributed by atoms with Gasteiger partial charge >= 0.3 is 6.09 Å². The predicted octanol–water partition coefficient (Wildman–Crippen LogP) is 6.16. The third-order valence-corrected chi connectivity index (χ3v) is 4.03. The Hall–Kier alpha value is -3.15. The molecule has 0 bridgehead atoms. The first-order chi connectivity index (χ1) is 14.5. The molecule has 1 fully saturated rings. The van der Waals surface area contributed by atoms with Crippen molar-refractivity contribution in [2.24, 2.45) is 0 Å². The number of benzene rings is 1.